The van der Waals surface area contributed by atoms with Crippen LogP contribution in [0.15, 0.2) is 54.7 Å². The van der Waals surface area contributed by atoms with Gasteiger partial charge in [0.25, 0.3) is 0 Å². The standard InChI is InChI=1S/C20H18F3IN4/c1-2-4-13-7-9-15(10-8-13)27-19-25-12-17(20(21,22)23)18(28-19)26-16-6-3-5-14(24)11-16/h3,5-12H,2,4H2,1H3,(H2,25,26,27,28). The van der Waals surface area contributed by atoms with E-state index in [9.17, 15) is 13.2 Å². The molecule has 0 atom stereocenters. The molecule has 4 nitrogen and oxygen atoms in total. The molecule has 1 heterocycles. The fourth-order valence-corrected chi connectivity index (χ4v) is 3.16. The van der Waals surface area contributed by atoms with Gasteiger partial charge >= 0.3 is 6.18 Å². The van der Waals surface area contributed by atoms with Crippen LogP contribution in [0.3, 0.4) is 0 Å². The van der Waals surface area contributed by atoms with Crippen LogP contribution >= 0.6 is 22.6 Å². The molecule has 0 saturated carbocycles. The number of nitrogens with one attached hydrogen (secondary N) is 2. The van der Waals surface area contributed by atoms with Crippen LogP contribution in [0.1, 0.15) is 24.5 Å². The number of aryl methyl sites for hydroxylation is 1. The normalized spacial score (nSPS) is 11.3. The highest BCUT2D eigenvalue weighted by molar-refractivity contribution is 14.1. The van der Waals surface area contributed by atoms with Gasteiger partial charge in [0.15, 0.2) is 0 Å². The van der Waals surface area contributed by atoms with E-state index in [4.69, 9.17) is 0 Å². The minimum absolute atomic E-state index is 0.0874. The van der Waals surface area contributed by atoms with E-state index in [1.165, 1.54) is 5.56 Å². The van der Waals surface area contributed by atoms with Gasteiger partial charge < -0.3 is 10.6 Å². The molecule has 0 bridgehead atoms. The molecule has 0 saturated heterocycles. The Kier molecular flexibility index (Phi) is 6.38. The lowest BCUT2D eigenvalue weighted by molar-refractivity contribution is -0.137. The number of hydrogen-bond acceptors (Lipinski definition) is 4. The Balaban J connectivity index is 1.88. The average molecular weight is 498 g/mol. The van der Waals surface area contributed by atoms with Crippen LogP contribution in [0.4, 0.5) is 36.3 Å². The summed E-state index contributed by atoms with van der Waals surface area (Å²) in [4.78, 5) is 7.90. The molecule has 0 fully saturated rings. The van der Waals surface area contributed by atoms with Gasteiger partial charge in [0.05, 0.1) is 0 Å². The Hall–Kier alpha value is -2.36. The summed E-state index contributed by atoms with van der Waals surface area (Å²) >= 11 is 2.10. The van der Waals surface area contributed by atoms with E-state index in [0.717, 1.165) is 22.6 Å². The van der Waals surface area contributed by atoms with E-state index < -0.39 is 11.7 Å². The van der Waals surface area contributed by atoms with Crippen molar-refractivity contribution in [3.63, 3.8) is 0 Å². The second-order valence-corrected chi connectivity index (χ2v) is 7.41. The third-order valence-corrected chi connectivity index (χ3v) is 4.60. The molecular weight excluding hydrogens is 480 g/mol. The van der Waals surface area contributed by atoms with Crippen molar-refractivity contribution in [3.05, 3.63) is 69.4 Å². The zero-order valence-electron chi connectivity index (χ0n) is 15.0. The minimum Gasteiger partial charge on any atom is -0.340 e. The third-order valence-electron chi connectivity index (χ3n) is 3.93. The first-order valence-electron chi connectivity index (χ1n) is 8.68. The van der Waals surface area contributed by atoms with E-state index >= 15 is 0 Å². The minimum atomic E-state index is -4.56. The van der Waals surface area contributed by atoms with Gasteiger partial charge in [-0.2, -0.15) is 18.2 Å². The number of alkyl halides is 3. The van der Waals surface area contributed by atoms with E-state index in [-0.39, 0.29) is 11.8 Å². The van der Waals surface area contributed by atoms with Gasteiger partial charge in [-0.15, -0.1) is 0 Å². The lowest BCUT2D eigenvalue weighted by Crippen LogP contribution is -2.12. The predicted octanol–water partition coefficient (Wildman–Crippen LogP) is 6.54. The first-order chi connectivity index (χ1) is 13.3. The lowest BCUT2D eigenvalue weighted by atomic mass is 10.1. The molecule has 0 radical (unpaired) electrons. The Morgan fingerprint density at radius 1 is 1.00 bits per heavy atom. The zero-order chi connectivity index (χ0) is 20.1. The Bertz CT molecular complexity index is 943. The van der Waals surface area contributed by atoms with Crippen molar-refractivity contribution in [2.75, 3.05) is 10.6 Å². The predicted molar refractivity (Wildman–Crippen MR) is 113 cm³/mol. The van der Waals surface area contributed by atoms with Gasteiger partial charge in [-0.25, -0.2) is 4.98 Å². The second-order valence-electron chi connectivity index (χ2n) is 6.16. The summed E-state index contributed by atoms with van der Waals surface area (Å²) < 4.78 is 41.0. The monoisotopic (exact) mass is 498 g/mol. The van der Waals surface area contributed by atoms with Crippen molar-refractivity contribution in [1.29, 1.82) is 0 Å². The van der Waals surface area contributed by atoms with Gasteiger partial charge in [-0.3, -0.25) is 0 Å². The SMILES string of the molecule is CCCc1ccc(Nc2ncc(C(F)(F)F)c(Nc3cccc(I)c3)n2)cc1. The molecule has 0 aliphatic rings. The van der Waals surface area contributed by atoms with Crippen molar-refractivity contribution in [3.8, 4) is 0 Å². The fourth-order valence-electron chi connectivity index (χ4n) is 2.62. The summed E-state index contributed by atoms with van der Waals surface area (Å²) in [5.74, 6) is -0.209. The third kappa shape index (κ3) is 5.34. The summed E-state index contributed by atoms with van der Waals surface area (Å²) in [5.41, 5.74) is 1.50. The quantitative estimate of drug-likeness (QED) is 0.379. The number of nitrogens with zero attached hydrogens (tertiary/aromatic N) is 2. The van der Waals surface area contributed by atoms with Crippen LogP contribution in [-0.2, 0) is 12.6 Å². The van der Waals surface area contributed by atoms with Gasteiger partial charge in [0, 0.05) is 21.1 Å². The highest BCUT2D eigenvalue weighted by atomic mass is 127. The van der Waals surface area contributed by atoms with Crippen molar-refractivity contribution in [2.45, 2.75) is 25.9 Å². The molecule has 146 valence electrons. The number of anilines is 4. The summed E-state index contributed by atoms with van der Waals surface area (Å²) in [6.45, 7) is 2.10. The van der Waals surface area contributed by atoms with E-state index in [2.05, 4.69) is 50.1 Å². The van der Waals surface area contributed by atoms with Gasteiger partial charge in [0.1, 0.15) is 11.4 Å². The molecule has 0 aliphatic heterocycles. The zero-order valence-corrected chi connectivity index (χ0v) is 17.2. The summed E-state index contributed by atoms with van der Waals surface area (Å²) in [7, 11) is 0. The maximum atomic E-state index is 13.4. The number of hydrogen-bond donors (Lipinski definition) is 2. The molecule has 3 rings (SSSR count). The van der Waals surface area contributed by atoms with E-state index in [1.807, 2.05) is 30.3 Å². The van der Waals surface area contributed by atoms with Gasteiger partial charge in [0.2, 0.25) is 5.95 Å². The molecule has 1 aromatic heterocycles. The van der Waals surface area contributed by atoms with Crippen molar-refractivity contribution in [1.82, 2.24) is 9.97 Å². The highest BCUT2D eigenvalue weighted by Crippen LogP contribution is 2.35. The van der Waals surface area contributed by atoms with Crippen molar-refractivity contribution >= 4 is 45.7 Å². The topological polar surface area (TPSA) is 49.8 Å². The highest BCUT2D eigenvalue weighted by Gasteiger charge is 2.35. The van der Waals surface area contributed by atoms with Crippen LogP contribution in [0, 0.1) is 3.57 Å². The largest absolute Gasteiger partial charge is 0.421 e. The molecule has 0 amide bonds. The number of benzene rings is 2. The molecule has 2 N–H and O–H groups in total. The Morgan fingerprint density at radius 3 is 2.39 bits per heavy atom. The van der Waals surface area contributed by atoms with Crippen LogP contribution in [0.25, 0.3) is 0 Å². The molecule has 0 unspecified atom stereocenters. The van der Waals surface area contributed by atoms with Crippen molar-refractivity contribution in [2.24, 2.45) is 0 Å². The molecule has 3 aromatic rings. The number of rotatable bonds is 6. The van der Waals surface area contributed by atoms with E-state index in [0.29, 0.717) is 11.4 Å². The molecule has 0 spiro atoms. The fraction of sp³-hybridized carbons (Fsp3) is 0.200. The number of aromatic nitrogens is 2. The molecule has 28 heavy (non-hydrogen) atoms. The molecule has 2 aromatic carbocycles. The summed E-state index contributed by atoms with van der Waals surface area (Å²) in [6.07, 6.45) is -1.76. The summed E-state index contributed by atoms with van der Waals surface area (Å²) in [5, 5.41) is 5.71. The number of halogens is 4. The lowest BCUT2D eigenvalue weighted by Gasteiger charge is -2.15. The van der Waals surface area contributed by atoms with Gasteiger partial charge in [-0.05, 0) is 64.9 Å². The first-order valence-corrected chi connectivity index (χ1v) is 9.76. The second kappa shape index (κ2) is 8.76. The van der Waals surface area contributed by atoms with Crippen LogP contribution in [-0.4, -0.2) is 9.97 Å². The maximum Gasteiger partial charge on any atom is 0.421 e. The van der Waals surface area contributed by atoms with Crippen molar-refractivity contribution < 1.29 is 13.2 Å². The van der Waals surface area contributed by atoms with Crippen LogP contribution in [0.5, 0.6) is 0 Å². The van der Waals surface area contributed by atoms with Gasteiger partial charge in [-0.1, -0.05) is 31.5 Å². The molecule has 8 heteroatoms. The first kappa shape index (κ1) is 20.4. The Labute approximate surface area is 174 Å². The molecule has 0 aliphatic carbocycles. The maximum absolute atomic E-state index is 13.4. The van der Waals surface area contributed by atoms with Crippen LogP contribution in [0.2, 0.25) is 0 Å². The smallest absolute Gasteiger partial charge is 0.340 e. The Morgan fingerprint density at radius 2 is 1.75 bits per heavy atom. The molecular formula is C20H18F3IN4. The summed E-state index contributed by atoms with van der Waals surface area (Å²) in [6, 6.07) is 14.7. The average Bonchev–Trinajstić information content (AvgIpc) is 2.63. The van der Waals surface area contributed by atoms with Crippen LogP contribution < -0.4 is 10.6 Å². The van der Waals surface area contributed by atoms with E-state index in [1.54, 1.807) is 18.2 Å².